The van der Waals surface area contributed by atoms with E-state index in [2.05, 4.69) is 0 Å². The largest absolute Gasteiger partial charge is 0.495 e. The summed E-state index contributed by atoms with van der Waals surface area (Å²) < 4.78 is 32.3. The van der Waals surface area contributed by atoms with E-state index in [1.807, 2.05) is 0 Å². The summed E-state index contributed by atoms with van der Waals surface area (Å²) in [6, 6.07) is 8.76. The third-order valence-corrected chi connectivity index (χ3v) is 6.06. The third kappa shape index (κ3) is 3.84. The van der Waals surface area contributed by atoms with E-state index >= 15 is 0 Å². The summed E-state index contributed by atoms with van der Waals surface area (Å²) in [5, 5.41) is 9.50. The summed E-state index contributed by atoms with van der Waals surface area (Å²) in [4.78, 5) is 11.2. The van der Waals surface area contributed by atoms with Gasteiger partial charge in [0.1, 0.15) is 16.7 Å². The van der Waals surface area contributed by atoms with Crippen LogP contribution in [0.4, 0.5) is 5.69 Å². The molecule has 1 N–H and O–H groups in total. The number of carboxylic acids is 1. The van der Waals surface area contributed by atoms with Gasteiger partial charge in [0.15, 0.2) is 0 Å². The Bertz CT molecular complexity index is 901. The zero-order valence-electron chi connectivity index (χ0n) is 13.3. The van der Waals surface area contributed by atoms with Crippen LogP contribution in [-0.2, 0) is 14.8 Å². The predicted octanol–water partition coefficient (Wildman–Crippen LogP) is 3.67. The minimum Gasteiger partial charge on any atom is -0.495 e. The van der Waals surface area contributed by atoms with Gasteiger partial charge in [-0.05, 0) is 37.3 Å². The number of nitrogens with zero attached hydrogens (tertiary/aromatic N) is 1. The van der Waals surface area contributed by atoms with E-state index in [1.165, 1.54) is 44.4 Å². The van der Waals surface area contributed by atoms with Gasteiger partial charge in [-0.25, -0.2) is 17.5 Å². The number of aliphatic carboxylic acids is 1. The van der Waals surface area contributed by atoms with E-state index < -0.39 is 22.0 Å². The van der Waals surface area contributed by atoms with E-state index in [4.69, 9.17) is 27.9 Å². The van der Waals surface area contributed by atoms with E-state index in [-0.39, 0.29) is 26.4 Å². The first-order valence-electron chi connectivity index (χ1n) is 7.05. The van der Waals surface area contributed by atoms with Gasteiger partial charge in [-0.2, -0.15) is 0 Å². The highest BCUT2D eigenvalue weighted by atomic mass is 35.5. The molecule has 0 aliphatic carbocycles. The first-order chi connectivity index (χ1) is 11.7. The van der Waals surface area contributed by atoms with Crippen molar-refractivity contribution < 1.29 is 23.1 Å². The van der Waals surface area contributed by atoms with Gasteiger partial charge in [0.05, 0.1) is 17.8 Å². The molecule has 0 aliphatic rings. The second-order valence-corrected chi connectivity index (χ2v) is 7.69. The van der Waals surface area contributed by atoms with Crippen molar-refractivity contribution in [1.29, 1.82) is 0 Å². The highest BCUT2D eigenvalue weighted by Crippen LogP contribution is 2.36. The smallest absolute Gasteiger partial charge is 0.327 e. The summed E-state index contributed by atoms with van der Waals surface area (Å²) in [6.45, 7) is 1.25. The molecule has 1 atom stereocenters. The maximum Gasteiger partial charge on any atom is 0.327 e. The van der Waals surface area contributed by atoms with Crippen molar-refractivity contribution in [3.05, 3.63) is 52.5 Å². The molecule has 0 saturated heterocycles. The Hall–Kier alpha value is -1.96. The van der Waals surface area contributed by atoms with Gasteiger partial charge < -0.3 is 9.84 Å². The fourth-order valence-corrected chi connectivity index (χ4v) is 4.60. The Morgan fingerprint density at radius 1 is 1.20 bits per heavy atom. The molecule has 1 unspecified atom stereocenters. The minimum absolute atomic E-state index is 0.0677. The van der Waals surface area contributed by atoms with Gasteiger partial charge in [-0.15, -0.1) is 0 Å². The lowest BCUT2D eigenvalue weighted by Crippen LogP contribution is -2.43. The molecule has 2 rings (SSSR count). The Labute approximate surface area is 155 Å². The normalized spacial score (nSPS) is 12.5. The van der Waals surface area contributed by atoms with Crippen LogP contribution >= 0.6 is 23.2 Å². The van der Waals surface area contributed by atoms with Crippen molar-refractivity contribution in [3.8, 4) is 5.75 Å². The second-order valence-electron chi connectivity index (χ2n) is 5.06. The van der Waals surface area contributed by atoms with Crippen LogP contribution in [-0.4, -0.2) is 32.6 Å². The molecular formula is C16H15Cl2NO5S. The molecule has 0 heterocycles. The number of hydrogen-bond donors (Lipinski definition) is 1. The zero-order chi connectivity index (χ0) is 18.8. The number of halogens is 2. The lowest BCUT2D eigenvalue weighted by Gasteiger charge is -2.29. The number of hydrogen-bond acceptors (Lipinski definition) is 4. The van der Waals surface area contributed by atoms with E-state index in [1.54, 1.807) is 12.1 Å². The summed E-state index contributed by atoms with van der Waals surface area (Å²) in [7, 11) is -2.97. The molecule has 0 bridgehead atoms. The first kappa shape index (κ1) is 19.4. The highest BCUT2D eigenvalue weighted by molar-refractivity contribution is 7.93. The summed E-state index contributed by atoms with van der Waals surface area (Å²) in [5.41, 5.74) is 0.0796. The Kier molecular flexibility index (Phi) is 5.82. The number of anilines is 1. The molecule has 0 saturated carbocycles. The van der Waals surface area contributed by atoms with E-state index in [0.717, 1.165) is 4.31 Å². The number of sulfonamides is 1. The number of rotatable bonds is 6. The fourth-order valence-electron chi connectivity index (χ4n) is 2.24. The molecule has 134 valence electrons. The number of methoxy groups -OCH3 is 1. The Morgan fingerprint density at radius 2 is 1.84 bits per heavy atom. The van der Waals surface area contributed by atoms with Crippen LogP contribution in [0, 0.1) is 0 Å². The highest BCUT2D eigenvalue weighted by Gasteiger charge is 2.36. The fraction of sp³-hybridized carbons (Fsp3) is 0.188. The number of carbonyl (C=O) groups is 1. The van der Waals surface area contributed by atoms with Gasteiger partial charge in [0.2, 0.25) is 0 Å². The lowest BCUT2D eigenvalue weighted by atomic mass is 10.2. The van der Waals surface area contributed by atoms with Gasteiger partial charge in [-0.3, -0.25) is 0 Å². The molecule has 9 heteroatoms. The summed E-state index contributed by atoms with van der Waals surface area (Å²) in [5.74, 6) is -1.12. The van der Waals surface area contributed by atoms with Crippen molar-refractivity contribution in [2.24, 2.45) is 0 Å². The van der Waals surface area contributed by atoms with E-state index in [9.17, 15) is 18.3 Å². The number of para-hydroxylation sites is 2. The van der Waals surface area contributed by atoms with Gasteiger partial charge in [0, 0.05) is 5.02 Å². The molecular weight excluding hydrogens is 389 g/mol. The molecule has 0 radical (unpaired) electrons. The zero-order valence-corrected chi connectivity index (χ0v) is 15.6. The lowest BCUT2D eigenvalue weighted by molar-refractivity contribution is -0.137. The molecule has 0 amide bonds. The van der Waals surface area contributed by atoms with Crippen molar-refractivity contribution in [3.63, 3.8) is 0 Å². The van der Waals surface area contributed by atoms with Gasteiger partial charge in [0.25, 0.3) is 10.0 Å². The number of carboxylic acid groups (broad SMARTS) is 1. The summed E-state index contributed by atoms with van der Waals surface area (Å²) in [6.07, 6.45) is 0. The average Bonchev–Trinajstić information content (AvgIpc) is 2.57. The first-order valence-corrected chi connectivity index (χ1v) is 9.25. The quantitative estimate of drug-likeness (QED) is 0.794. The molecule has 0 spiro atoms. The minimum atomic E-state index is -4.33. The van der Waals surface area contributed by atoms with Crippen molar-refractivity contribution in [2.45, 2.75) is 17.9 Å². The monoisotopic (exact) mass is 403 g/mol. The predicted molar refractivity (Wildman–Crippen MR) is 96.2 cm³/mol. The molecule has 0 aromatic heterocycles. The van der Waals surface area contributed by atoms with Crippen molar-refractivity contribution in [2.75, 3.05) is 11.4 Å². The standard InChI is InChI=1S/C16H15Cl2NO5S/c1-10(16(20)21)19(13-5-3-4-6-14(13)24-2)25(22,23)15-9-11(17)7-8-12(15)18/h3-10H,1-2H3,(H,20,21). The van der Waals surface area contributed by atoms with Crippen LogP contribution in [0.2, 0.25) is 10.0 Å². The van der Waals surface area contributed by atoms with Crippen LogP contribution in [0.25, 0.3) is 0 Å². The van der Waals surface area contributed by atoms with Gasteiger partial charge >= 0.3 is 5.97 Å². The topological polar surface area (TPSA) is 83.9 Å². The maximum atomic E-state index is 13.2. The van der Waals surface area contributed by atoms with Crippen molar-refractivity contribution >= 4 is 44.9 Å². The SMILES string of the molecule is COc1ccccc1N(C(C)C(=O)O)S(=O)(=O)c1cc(Cl)ccc1Cl. The molecule has 25 heavy (non-hydrogen) atoms. The van der Waals surface area contributed by atoms with Crippen LogP contribution in [0.1, 0.15) is 6.92 Å². The van der Waals surface area contributed by atoms with Gasteiger partial charge in [-0.1, -0.05) is 35.3 Å². The maximum absolute atomic E-state index is 13.2. The molecule has 0 fully saturated rings. The second kappa shape index (κ2) is 7.51. The third-order valence-electron chi connectivity index (χ3n) is 3.46. The number of ether oxygens (including phenoxy) is 1. The molecule has 0 aliphatic heterocycles. The Morgan fingerprint density at radius 3 is 2.44 bits per heavy atom. The average molecular weight is 404 g/mol. The van der Waals surface area contributed by atoms with Crippen LogP contribution < -0.4 is 9.04 Å². The van der Waals surface area contributed by atoms with E-state index in [0.29, 0.717) is 0 Å². The molecule has 2 aromatic rings. The molecule has 2 aromatic carbocycles. The number of benzene rings is 2. The summed E-state index contributed by atoms with van der Waals surface area (Å²) >= 11 is 11.9. The van der Waals surface area contributed by atoms with Crippen LogP contribution in [0.3, 0.4) is 0 Å². The molecule has 6 nitrogen and oxygen atoms in total. The van der Waals surface area contributed by atoms with Crippen LogP contribution in [0.5, 0.6) is 5.75 Å². The van der Waals surface area contributed by atoms with Crippen LogP contribution in [0.15, 0.2) is 47.4 Å². The van der Waals surface area contributed by atoms with Crippen molar-refractivity contribution in [1.82, 2.24) is 0 Å². The Balaban J connectivity index is 2.75.